The SMILES string of the molecule is CCC(C)[C@H](NC(=O)CC(C)(C)CNC(=O)OCC1c2ccccc2-c2ccccc21)C(=O)O. The van der Waals surface area contributed by atoms with Crippen LogP contribution in [-0.2, 0) is 14.3 Å². The van der Waals surface area contributed by atoms with Gasteiger partial charge in [-0.3, -0.25) is 4.79 Å². The Labute approximate surface area is 200 Å². The molecule has 0 saturated carbocycles. The van der Waals surface area contributed by atoms with E-state index < -0.39 is 23.5 Å². The molecule has 0 radical (unpaired) electrons. The average molecular weight is 467 g/mol. The van der Waals surface area contributed by atoms with E-state index in [1.807, 2.05) is 45.0 Å². The van der Waals surface area contributed by atoms with Gasteiger partial charge in [-0.2, -0.15) is 0 Å². The molecule has 0 aliphatic heterocycles. The number of carbonyl (C=O) groups is 3. The number of amides is 2. The number of carbonyl (C=O) groups excluding carboxylic acids is 2. The van der Waals surface area contributed by atoms with Crippen LogP contribution in [0.15, 0.2) is 48.5 Å². The van der Waals surface area contributed by atoms with Gasteiger partial charge in [0.05, 0.1) is 0 Å². The van der Waals surface area contributed by atoms with Crippen LogP contribution in [0.1, 0.15) is 57.6 Å². The van der Waals surface area contributed by atoms with Crippen molar-refractivity contribution in [3.63, 3.8) is 0 Å². The molecule has 1 unspecified atom stereocenters. The third-order valence-electron chi connectivity index (χ3n) is 6.49. The Morgan fingerprint density at radius 2 is 1.59 bits per heavy atom. The summed E-state index contributed by atoms with van der Waals surface area (Å²) in [5, 5.41) is 14.7. The van der Waals surface area contributed by atoms with Gasteiger partial charge in [-0.1, -0.05) is 82.6 Å². The first-order chi connectivity index (χ1) is 16.1. The number of carboxylic acid groups (broad SMARTS) is 1. The van der Waals surface area contributed by atoms with Gasteiger partial charge in [0.15, 0.2) is 0 Å². The molecule has 0 aromatic heterocycles. The van der Waals surface area contributed by atoms with Crippen molar-refractivity contribution in [1.82, 2.24) is 10.6 Å². The molecule has 34 heavy (non-hydrogen) atoms. The van der Waals surface area contributed by atoms with Crippen molar-refractivity contribution >= 4 is 18.0 Å². The van der Waals surface area contributed by atoms with Gasteiger partial charge >= 0.3 is 12.1 Å². The molecule has 1 aliphatic rings. The van der Waals surface area contributed by atoms with Crippen LogP contribution < -0.4 is 10.6 Å². The number of nitrogens with one attached hydrogen (secondary N) is 2. The molecule has 2 amide bonds. The normalized spacial score (nSPS) is 14.5. The lowest BCUT2D eigenvalue weighted by atomic mass is 9.88. The van der Waals surface area contributed by atoms with E-state index in [1.54, 1.807) is 6.92 Å². The number of fused-ring (bicyclic) bond motifs is 3. The molecule has 7 heteroatoms. The number of ether oxygens (including phenoxy) is 1. The first-order valence-corrected chi connectivity index (χ1v) is 11.7. The summed E-state index contributed by atoms with van der Waals surface area (Å²) in [4.78, 5) is 36.4. The van der Waals surface area contributed by atoms with E-state index in [-0.39, 0.29) is 37.3 Å². The zero-order valence-corrected chi connectivity index (χ0v) is 20.3. The van der Waals surface area contributed by atoms with E-state index in [4.69, 9.17) is 4.74 Å². The maximum Gasteiger partial charge on any atom is 0.407 e. The highest BCUT2D eigenvalue weighted by molar-refractivity contribution is 5.84. The Bertz CT molecular complexity index is 1000. The number of alkyl carbamates (subject to hydrolysis) is 1. The number of rotatable bonds is 10. The number of hydrogen-bond donors (Lipinski definition) is 3. The molecule has 3 N–H and O–H groups in total. The molecule has 3 rings (SSSR count). The molecular weight excluding hydrogens is 432 g/mol. The fourth-order valence-corrected chi connectivity index (χ4v) is 4.37. The van der Waals surface area contributed by atoms with E-state index in [2.05, 4.69) is 34.9 Å². The van der Waals surface area contributed by atoms with E-state index in [0.717, 1.165) is 22.3 Å². The average Bonchev–Trinajstić information content (AvgIpc) is 3.12. The van der Waals surface area contributed by atoms with Gasteiger partial charge in [0.1, 0.15) is 12.6 Å². The fraction of sp³-hybridized carbons (Fsp3) is 0.444. The molecule has 7 nitrogen and oxygen atoms in total. The van der Waals surface area contributed by atoms with Gasteiger partial charge in [0.25, 0.3) is 0 Å². The Hall–Kier alpha value is -3.35. The molecule has 0 fully saturated rings. The van der Waals surface area contributed by atoms with Crippen LogP contribution in [-0.4, -0.2) is 42.3 Å². The Morgan fingerprint density at radius 1 is 1.03 bits per heavy atom. The molecular formula is C27H34N2O5. The van der Waals surface area contributed by atoms with Crippen molar-refractivity contribution in [2.24, 2.45) is 11.3 Å². The van der Waals surface area contributed by atoms with E-state index in [9.17, 15) is 19.5 Å². The number of hydrogen-bond acceptors (Lipinski definition) is 4. The minimum atomic E-state index is -1.04. The van der Waals surface area contributed by atoms with Gasteiger partial charge in [-0.25, -0.2) is 9.59 Å². The van der Waals surface area contributed by atoms with Crippen molar-refractivity contribution in [2.75, 3.05) is 13.2 Å². The Kier molecular flexibility index (Phi) is 7.97. The van der Waals surface area contributed by atoms with E-state index in [1.165, 1.54) is 0 Å². The molecule has 0 saturated heterocycles. The Morgan fingerprint density at radius 3 is 2.12 bits per heavy atom. The van der Waals surface area contributed by atoms with Crippen LogP contribution in [0.25, 0.3) is 11.1 Å². The predicted octanol–water partition coefficient (Wildman–Crippen LogP) is 4.56. The zero-order chi connectivity index (χ0) is 24.9. The minimum Gasteiger partial charge on any atom is -0.480 e. The molecule has 1 aliphatic carbocycles. The topological polar surface area (TPSA) is 105 Å². The van der Waals surface area contributed by atoms with Crippen LogP contribution in [0.2, 0.25) is 0 Å². The summed E-state index contributed by atoms with van der Waals surface area (Å²) in [6.45, 7) is 7.80. The lowest BCUT2D eigenvalue weighted by molar-refractivity contribution is -0.143. The van der Waals surface area contributed by atoms with Crippen LogP contribution in [0.4, 0.5) is 4.79 Å². The van der Waals surface area contributed by atoms with Crippen molar-refractivity contribution in [2.45, 2.75) is 52.5 Å². The number of aliphatic carboxylic acids is 1. The smallest absolute Gasteiger partial charge is 0.407 e. The van der Waals surface area contributed by atoms with Gasteiger partial charge in [-0.05, 0) is 33.6 Å². The van der Waals surface area contributed by atoms with Crippen molar-refractivity contribution in [3.8, 4) is 11.1 Å². The molecule has 0 bridgehead atoms. The van der Waals surface area contributed by atoms with Crippen molar-refractivity contribution < 1.29 is 24.2 Å². The molecule has 2 aromatic carbocycles. The third-order valence-corrected chi connectivity index (χ3v) is 6.49. The lowest BCUT2D eigenvalue weighted by Crippen LogP contribution is -2.47. The van der Waals surface area contributed by atoms with Gasteiger partial charge < -0.3 is 20.5 Å². The first kappa shape index (κ1) is 25.3. The second-order valence-electron chi connectivity index (χ2n) is 9.79. The molecule has 2 aromatic rings. The molecule has 182 valence electrons. The fourth-order valence-electron chi connectivity index (χ4n) is 4.37. The van der Waals surface area contributed by atoms with E-state index >= 15 is 0 Å². The minimum absolute atomic E-state index is 0.0227. The van der Waals surface area contributed by atoms with Gasteiger partial charge in [0.2, 0.25) is 5.91 Å². The standard InChI is InChI=1S/C27H34N2O5/c1-5-17(2)24(25(31)32)29-23(30)14-27(3,4)16-28-26(33)34-15-22-20-12-8-6-10-18(20)19-11-7-9-13-21(19)22/h6-13,17,22,24H,5,14-16H2,1-4H3,(H,28,33)(H,29,30)(H,31,32)/t17?,24-/m0/s1. The maximum atomic E-state index is 12.5. The van der Waals surface area contributed by atoms with Gasteiger partial charge in [-0.15, -0.1) is 0 Å². The summed E-state index contributed by atoms with van der Waals surface area (Å²) in [6, 6.07) is 15.3. The maximum absolute atomic E-state index is 12.5. The van der Waals surface area contributed by atoms with E-state index in [0.29, 0.717) is 6.42 Å². The summed E-state index contributed by atoms with van der Waals surface area (Å²) in [7, 11) is 0. The number of benzene rings is 2. The highest BCUT2D eigenvalue weighted by Crippen LogP contribution is 2.44. The summed E-state index contributed by atoms with van der Waals surface area (Å²) in [5.74, 6) is -1.60. The van der Waals surface area contributed by atoms with Crippen LogP contribution in [0.3, 0.4) is 0 Å². The third kappa shape index (κ3) is 5.95. The molecule has 0 spiro atoms. The summed E-state index contributed by atoms with van der Waals surface area (Å²) >= 11 is 0. The van der Waals surface area contributed by atoms with Crippen LogP contribution in [0.5, 0.6) is 0 Å². The van der Waals surface area contributed by atoms with Crippen molar-refractivity contribution in [1.29, 1.82) is 0 Å². The summed E-state index contributed by atoms with van der Waals surface area (Å²) in [6.07, 6.45) is 0.180. The molecule has 2 atom stereocenters. The highest BCUT2D eigenvalue weighted by Gasteiger charge is 2.31. The van der Waals surface area contributed by atoms with Crippen LogP contribution in [0, 0.1) is 11.3 Å². The zero-order valence-electron chi connectivity index (χ0n) is 20.3. The quantitative estimate of drug-likeness (QED) is 0.476. The summed E-state index contributed by atoms with van der Waals surface area (Å²) in [5.41, 5.74) is 4.03. The highest BCUT2D eigenvalue weighted by atomic mass is 16.5. The predicted molar refractivity (Wildman–Crippen MR) is 130 cm³/mol. The second-order valence-corrected chi connectivity index (χ2v) is 9.79. The largest absolute Gasteiger partial charge is 0.480 e. The lowest BCUT2D eigenvalue weighted by Gasteiger charge is -2.26. The first-order valence-electron chi connectivity index (χ1n) is 11.7. The Balaban J connectivity index is 1.52. The van der Waals surface area contributed by atoms with Gasteiger partial charge in [0, 0.05) is 18.9 Å². The molecule has 0 heterocycles. The monoisotopic (exact) mass is 466 g/mol. The number of carboxylic acids is 1. The van der Waals surface area contributed by atoms with Crippen molar-refractivity contribution in [3.05, 3.63) is 59.7 Å². The second kappa shape index (κ2) is 10.7. The van der Waals surface area contributed by atoms with Crippen LogP contribution >= 0.6 is 0 Å². The summed E-state index contributed by atoms with van der Waals surface area (Å²) < 4.78 is 5.55.